The lowest BCUT2D eigenvalue weighted by molar-refractivity contribution is 0.346. The van der Waals surface area contributed by atoms with E-state index >= 15 is 0 Å². The predicted molar refractivity (Wildman–Crippen MR) is 107 cm³/mol. The van der Waals surface area contributed by atoms with Gasteiger partial charge in [-0.05, 0) is 35.9 Å². The van der Waals surface area contributed by atoms with Gasteiger partial charge in [0.15, 0.2) is 5.76 Å². The molecule has 0 spiro atoms. The maximum absolute atomic E-state index is 13.0. The van der Waals surface area contributed by atoms with Gasteiger partial charge in [0, 0.05) is 11.5 Å². The first-order valence-electron chi connectivity index (χ1n) is 8.85. The van der Waals surface area contributed by atoms with Gasteiger partial charge >= 0.3 is 0 Å². The van der Waals surface area contributed by atoms with Gasteiger partial charge in [0.1, 0.15) is 5.76 Å². The van der Waals surface area contributed by atoms with Crippen molar-refractivity contribution >= 4 is 16.1 Å². The van der Waals surface area contributed by atoms with Crippen molar-refractivity contribution in [3.05, 3.63) is 95.6 Å². The molecule has 4 rings (SSSR count). The van der Waals surface area contributed by atoms with Gasteiger partial charge in [0.2, 0.25) is 15.8 Å². The Morgan fingerprint density at radius 3 is 2.41 bits per heavy atom. The van der Waals surface area contributed by atoms with Gasteiger partial charge in [-0.15, -0.1) is 0 Å². The van der Waals surface area contributed by atoms with Crippen LogP contribution < -0.4 is 0 Å². The molecular formula is C21H18N2O5S. The van der Waals surface area contributed by atoms with E-state index in [2.05, 4.69) is 5.16 Å². The summed E-state index contributed by atoms with van der Waals surface area (Å²) in [4.78, 5) is 0. The first-order valence-corrected chi connectivity index (χ1v) is 10.4. The van der Waals surface area contributed by atoms with Crippen LogP contribution in [0.25, 0.3) is 17.6 Å². The molecule has 0 atom stereocenters. The van der Waals surface area contributed by atoms with Crippen LogP contribution in [0.1, 0.15) is 17.0 Å². The Hall–Kier alpha value is -3.36. The molecule has 148 valence electrons. The Morgan fingerprint density at radius 2 is 1.69 bits per heavy atom. The zero-order valence-corrected chi connectivity index (χ0v) is 16.2. The standard InChI is InChI=1S/C21H18N2O5S/c24-29(25,13-10-17-6-2-1-3-7-17)23(16-19-8-4-11-26-19)15-18-14-21(28-22-18)20-9-5-12-27-20/h1-14H,15-16H2/b13-10+. The maximum Gasteiger partial charge on any atom is 0.237 e. The fourth-order valence-corrected chi connectivity index (χ4v) is 3.85. The van der Waals surface area contributed by atoms with E-state index in [1.165, 1.54) is 22.2 Å². The monoisotopic (exact) mass is 410 g/mol. The fraction of sp³-hybridized carbons (Fsp3) is 0.0952. The zero-order chi connectivity index (χ0) is 20.1. The molecule has 0 N–H and O–H groups in total. The van der Waals surface area contributed by atoms with Gasteiger partial charge in [0.05, 0.1) is 31.3 Å². The first-order chi connectivity index (χ1) is 14.1. The fourth-order valence-electron chi connectivity index (χ4n) is 2.73. The van der Waals surface area contributed by atoms with Crippen molar-refractivity contribution in [2.45, 2.75) is 13.1 Å². The molecule has 0 amide bonds. The summed E-state index contributed by atoms with van der Waals surface area (Å²) < 4.78 is 43.2. The lowest BCUT2D eigenvalue weighted by atomic mass is 10.2. The van der Waals surface area contributed by atoms with Crippen LogP contribution in [0, 0.1) is 0 Å². The number of aromatic nitrogens is 1. The van der Waals surface area contributed by atoms with Crippen LogP contribution in [0.2, 0.25) is 0 Å². The molecule has 0 radical (unpaired) electrons. The Balaban J connectivity index is 1.58. The van der Waals surface area contributed by atoms with Crippen LogP contribution in [0.4, 0.5) is 0 Å². The van der Waals surface area contributed by atoms with Crippen LogP contribution in [0.15, 0.2) is 92.0 Å². The largest absolute Gasteiger partial charge is 0.468 e. The molecule has 29 heavy (non-hydrogen) atoms. The molecular weight excluding hydrogens is 392 g/mol. The number of rotatable bonds is 8. The van der Waals surface area contributed by atoms with Gasteiger partial charge in [-0.25, -0.2) is 8.42 Å². The van der Waals surface area contributed by atoms with Crippen molar-refractivity contribution in [1.82, 2.24) is 9.46 Å². The van der Waals surface area contributed by atoms with Crippen molar-refractivity contribution < 1.29 is 21.8 Å². The molecule has 8 heteroatoms. The van der Waals surface area contributed by atoms with Crippen LogP contribution >= 0.6 is 0 Å². The normalized spacial score (nSPS) is 12.2. The predicted octanol–water partition coefficient (Wildman–Crippen LogP) is 4.53. The third-order valence-corrected chi connectivity index (χ3v) is 5.62. The minimum absolute atomic E-state index is 0.0202. The first kappa shape index (κ1) is 19.0. The van der Waals surface area contributed by atoms with Gasteiger partial charge in [-0.1, -0.05) is 35.5 Å². The van der Waals surface area contributed by atoms with E-state index in [9.17, 15) is 8.42 Å². The SMILES string of the molecule is O=S(=O)(/C=C/c1ccccc1)N(Cc1cc(-c2ccco2)on1)Cc1ccco1. The molecule has 3 heterocycles. The highest BCUT2D eigenvalue weighted by atomic mass is 32.2. The lowest BCUT2D eigenvalue weighted by Gasteiger charge is -2.17. The number of hydrogen-bond donors (Lipinski definition) is 0. The zero-order valence-electron chi connectivity index (χ0n) is 15.3. The molecule has 0 bridgehead atoms. The minimum Gasteiger partial charge on any atom is -0.468 e. The summed E-state index contributed by atoms with van der Waals surface area (Å²) in [6.45, 7) is 0.0871. The van der Waals surface area contributed by atoms with Gasteiger partial charge < -0.3 is 13.4 Å². The van der Waals surface area contributed by atoms with E-state index in [1.807, 2.05) is 30.3 Å². The average molecular weight is 410 g/mol. The molecule has 0 aliphatic carbocycles. The molecule has 7 nitrogen and oxygen atoms in total. The highest BCUT2D eigenvalue weighted by molar-refractivity contribution is 7.92. The molecule has 0 aliphatic heterocycles. The van der Waals surface area contributed by atoms with Crippen LogP contribution in [0.3, 0.4) is 0 Å². The second kappa shape index (κ2) is 8.34. The summed E-state index contributed by atoms with van der Waals surface area (Å²) in [5.74, 6) is 1.48. The molecule has 0 saturated heterocycles. The number of furan rings is 2. The summed E-state index contributed by atoms with van der Waals surface area (Å²) in [5, 5.41) is 5.16. The highest BCUT2D eigenvalue weighted by Gasteiger charge is 2.23. The Labute approximate surface area is 167 Å². The molecule has 0 saturated carbocycles. The van der Waals surface area contributed by atoms with Crippen LogP contribution in [0.5, 0.6) is 0 Å². The van der Waals surface area contributed by atoms with Crippen molar-refractivity contribution in [2.75, 3.05) is 0 Å². The van der Waals surface area contributed by atoms with Crippen molar-refractivity contribution in [2.24, 2.45) is 0 Å². The second-order valence-electron chi connectivity index (χ2n) is 6.27. The maximum atomic E-state index is 13.0. The van der Waals surface area contributed by atoms with E-state index in [0.29, 0.717) is 23.0 Å². The Morgan fingerprint density at radius 1 is 0.897 bits per heavy atom. The average Bonchev–Trinajstić information content (AvgIpc) is 3.49. The highest BCUT2D eigenvalue weighted by Crippen LogP contribution is 2.23. The summed E-state index contributed by atoms with van der Waals surface area (Å²) in [5.41, 5.74) is 1.25. The van der Waals surface area contributed by atoms with E-state index < -0.39 is 10.0 Å². The summed E-state index contributed by atoms with van der Waals surface area (Å²) in [6, 6.07) is 17.8. The Bertz CT molecular complexity index is 1160. The molecule has 0 unspecified atom stereocenters. The van der Waals surface area contributed by atoms with Gasteiger partial charge in [0.25, 0.3) is 0 Å². The third-order valence-electron chi connectivity index (χ3n) is 4.17. The van der Waals surface area contributed by atoms with Crippen LogP contribution in [-0.2, 0) is 23.1 Å². The number of hydrogen-bond acceptors (Lipinski definition) is 6. The molecule has 3 aromatic heterocycles. The van der Waals surface area contributed by atoms with E-state index in [4.69, 9.17) is 13.4 Å². The summed E-state index contributed by atoms with van der Waals surface area (Å²) >= 11 is 0. The Kier molecular flexibility index (Phi) is 5.46. The summed E-state index contributed by atoms with van der Waals surface area (Å²) in [7, 11) is -3.75. The molecule has 1 aromatic carbocycles. The van der Waals surface area contributed by atoms with Crippen LogP contribution in [-0.4, -0.2) is 17.9 Å². The topological polar surface area (TPSA) is 89.7 Å². The number of benzene rings is 1. The summed E-state index contributed by atoms with van der Waals surface area (Å²) in [6.07, 6.45) is 4.59. The smallest absolute Gasteiger partial charge is 0.237 e. The minimum atomic E-state index is -3.75. The van der Waals surface area contributed by atoms with Crippen molar-refractivity contribution in [1.29, 1.82) is 0 Å². The quantitative estimate of drug-likeness (QED) is 0.424. The van der Waals surface area contributed by atoms with Crippen molar-refractivity contribution in [3.63, 3.8) is 0 Å². The molecule has 0 aliphatic rings. The third kappa shape index (κ3) is 4.74. The molecule has 4 aromatic rings. The number of nitrogens with zero attached hydrogens (tertiary/aromatic N) is 2. The molecule has 0 fully saturated rings. The van der Waals surface area contributed by atoms with E-state index in [0.717, 1.165) is 5.56 Å². The van der Waals surface area contributed by atoms with Gasteiger partial charge in [-0.2, -0.15) is 4.31 Å². The van der Waals surface area contributed by atoms with Crippen molar-refractivity contribution in [3.8, 4) is 11.5 Å². The van der Waals surface area contributed by atoms with E-state index in [-0.39, 0.29) is 13.1 Å². The lowest BCUT2D eigenvalue weighted by Crippen LogP contribution is -2.28. The second-order valence-corrected chi connectivity index (χ2v) is 8.08. The number of sulfonamides is 1. The van der Waals surface area contributed by atoms with Gasteiger partial charge in [-0.3, -0.25) is 0 Å². The van der Waals surface area contributed by atoms with E-state index in [1.54, 1.807) is 36.4 Å².